The summed E-state index contributed by atoms with van der Waals surface area (Å²) in [5, 5.41) is 9.66. The molecule has 0 bridgehead atoms. The van der Waals surface area contributed by atoms with Crippen LogP contribution in [0, 0.1) is 0 Å². The molecule has 0 aliphatic carbocycles. The first kappa shape index (κ1) is 18.5. The molecule has 2 aromatic carbocycles. The molecule has 0 aliphatic rings. The van der Waals surface area contributed by atoms with Gasteiger partial charge in [-0.1, -0.05) is 64.5 Å². The zero-order valence-corrected chi connectivity index (χ0v) is 15.5. The van der Waals surface area contributed by atoms with Gasteiger partial charge in [0.15, 0.2) is 4.34 Å². The average Bonchev–Trinajstić information content (AvgIpc) is 2.97. The Morgan fingerprint density at radius 2 is 1.80 bits per heavy atom. The second-order valence-corrected chi connectivity index (χ2v) is 8.21. The van der Waals surface area contributed by atoms with Crippen LogP contribution in [0.2, 0.25) is 10.0 Å². The molecule has 3 rings (SSSR count). The number of hydrogen-bond acceptors (Lipinski definition) is 4. The summed E-state index contributed by atoms with van der Waals surface area (Å²) >= 11 is 14.6. The number of aromatic nitrogens is 2. The van der Waals surface area contributed by atoms with E-state index in [2.05, 4.69) is 10.2 Å². The molecular weight excluding hydrogens is 412 g/mol. The van der Waals surface area contributed by atoms with Crippen LogP contribution in [0.3, 0.4) is 0 Å². The van der Waals surface area contributed by atoms with Gasteiger partial charge >= 0.3 is 6.18 Å². The highest BCUT2D eigenvalue weighted by Crippen LogP contribution is 2.35. The van der Waals surface area contributed by atoms with Crippen molar-refractivity contribution < 1.29 is 13.2 Å². The Bertz CT molecular complexity index is 897. The molecule has 0 fully saturated rings. The topological polar surface area (TPSA) is 25.8 Å². The standard InChI is InChI=1S/C16H9Cl2F3N2S2/c17-12-5-4-11(8-13(12)18)24-15-23-22-14(25-15)7-9-2-1-3-10(6-9)16(19,20)21/h1-6,8H,7H2. The lowest BCUT2D eigenvalue weighted by Crippen LogP contribution is -2.05. The Balaban J connectivity index is 1.72. The summed E-state index contributed by atoms with van der Waals surface area (Å²) in [7, 11) is 0. The van der Waals surface area contributed by atoms with Gasteiger partial charge in [0.1, 0.15) is 5.01 Å². The van der Waals surface area contributed by atoms with Gasteiger partial charge in [0.05, 0.1) is 15.6 Å². The molecule has 2 nitrogen and oxygen atoms in total. The molecule has 1 aromatic heterocycles. The Hall–Kier alpha value is -1.28. The fourth-order valence-corrected chi connectivity index (χ4v) is 4.33. The zero-order valence-electron chi connectivity index (χ0n) is 12.3. The molecule has 3 aromatic rings. The van der Waals surface area contributed by atoms with E-state index in [4.69, 9.17) is 23.2 Å². The third kappa shape index (κ3) is 4.88. The van der Waals surface area contributed by atoms with Crippen LogP contribution in [0.5, 0.6) is 0 Å². The average molecular weight is 421 g/mol. The van der Waals surface area contributed by atoms with E-state index in [1.807, 2.05) is 6.07 Å². The van der Waals surface area contributed by atoms with Gasteiger partial charge in [-0.15, -0.1) is 10.2 Å². The van der Waals surface area contributed by atoms with Crippen molar-refractivity contribution in [3.63, 3.8) is 0 Å². The maximum absolute atomic E-state index is 12.8. The number of rotatable bonds is 4. The van der Waals surface area contributed by atoms with Crippen molar-refractivity contribution in [1.29, 1.82) is 0 Å². The largest absolute Gasteiger partial charge is 0.416 e. The smallest absolute Gasteiger partial charge is 0.166 e. The van der Waals surface area contributed by atoms with E-state index in [9.17, 15) is 13.2 Å². The molecule has 0 unspecified atom stereocenters. The van der Waals surface area contributed by atoms with E-state index in [0.29, 0.717) is 31.4 Å². The van der Waals surface area contributed by atoms with E-state index in [1.165, 1.54) is 29.2 Å². The molecule has 0 radical (unpaired) electrons. The summed E-state index contributed by atoms with van der Waals surface area (Å²) in [5.41, 5.74) is -0.128. The molecule has 0 N–H and O–H groups in total. The molecule has 0 amide bonds. The summed E-state index contributed by atoms with van der Waals surface area (Å²) in [4.78, 5) is 0.858. The van der Waals surface area contributed by atoms with Crippen LogP contribution < -0.4 is 0 Å². The highest BCUT2D eigenvalue weighted by molar-refractivity contribution is 8.01. The molecular formula is C16H9Cl2F3N2S2. The van der Waals surface area contributed by atoms with Crippen molar-refractivity contribution in [2.75, 3.05) is 0 Å². The SMILES string of the molecule is FC(F)(F)c1cccc(Cc2nnc(Sc3ccc(Cl)c(Cl)c3)s2)c1. The van der Waals surface area contributed by atoms with E-state index in [1.54, 1.807) is 18.2 Å². The summed E-state index contributed by atoms with van der Waals surface area (Å²) < 4.78 is 39.0. The van der Waals surface area contributed by atoms with Gasteiger partial charge < -0.3 is 0 Å². The first-order chi connectivity index (χ1) is 11.8. The normalized spacial score (nSPS) is 11.7. The summed E-state index contributed by atoms with van der Waals surface area (Å²) in [6.07, 6.45) is -4.06. The first-order valence-electron chi connectivity index (χ1n) is 6.93. The predicted octanol–water partition coefficient (Wildman–Crippen LogP) is 6.61. The van der Waals surface area contributed by atoms with E-state index in [0.717, 1.165) is 17.0 Å². The van der Waals surface area contributed by atoms with Crippen LogP contribution in [0.4, 0.5) is 13.2 Å². The maximum atomic E-state index is 12.8. The van der Waals surface area contributed by atoms with Crippen molar-refractivity contribution in [3.8, 4) is 0 Å². The predicted molar refractivity (Wildman–Crippen MR) is 94.7 cm³/mol. The third-order valence-corrected chi connectivity index (χ3v) is 5.86. The van der Waals surface area contributed by atoms with Crippen LogP contribution >= 0.6 is 46.3 Å². The monoisotopic (exact) mass is 420 g/mol. The first-order valence-corrected chi connectivity index (χ1v) is 9.31. The van der Waals surface area contributed by atoms with E-state index in [-0.39, 0.29) is 0 Å². The minimum Gasteiger partial charge on any atom is -0.166 e. The molecule has 130 valence electrons. The van der Waals surface area contributed by atoms with Crippen LogP contribution in [0.15, 0.2) is 51.7 Å². The second-order valence-electron chi connectivity index (χ2n) is 5.01. The fraction of sp³-hybridized carbons (Fsp3) is 0.125. The highest BCUT2D eigenvalue weighted by atomic mass is 35.5. The second kappa shape index (κ2) is 7.53. The van der Waals surface area contributed by atoms with Crippen molar-refractivity contribution >= 4 is 46.3 Å². The fourth-order valence-electron chi connectivity index (χ4n) is 2.02. The van der Waals surface area contributed by atoms with E-state index < -0.39 is 11.7 Å². The minimum absolute atomic E-state index is 0.295. The lowest BCUT2D eigenvalue weighted by molar-refractivity contribution is -0.137. The van der Waals surface area contributed by atoms with Gasteiger partial charge in [-0.2, -0.15) is 13.2 Å². The molecule has 1 heterocycles. The van der Waals surface area contributed by atoms with Crippen LogP contribution in [0.25, 0.3) is 0 Å². The highest BCUT2D eigenvalue weighted by Gasteiger charge is 2.30. The molecule has 0 atom stereocenters. The molecule has 25 heavy (non-hydrogen) atoms. The van der Waals surface area contributed by atoms with Crippen molar-refractivity contribution in [2.24, 2.45) is 0 Å². The van der Waals surface area contributed by atoms with Gasteiger partial charge in [-0.25, -0.2) is 0 Å². The Morgan fingerprint density at radius 1 is 1.00 bits per heavy atom. The van der Waals surface area contributed by atoms with Crippen LogP contribution in [-0.2, 0) is 12.6 Å². The summed E-state index contributed by atoms with van der Waals surface area (Å²) in [5.74, 6) is 0. The maximum Gasteiger partial charge on any atom is 0.416 e. The molecule has 0 spiro atoms. The number of halogens is 5. The summed E-state index contributed by atoms with van der Waals surface area (Å²) in [6.45, 7) is 0. The molecule has 0 aliphatic heterocycles. The van der Waals surface area contributed by atoms with Crippen LogP contribution in [0.1, 0.15) is 16.1 Å². The van der Waals surface area contributed by atoms with Gasteiger partial charge in [0.2, 0.25) is 0 Å². The third-order valence-electron chi connectivity index (χ3n) is 3.15. The molecule has 9 heteroatoms. The Morgan fingerprint density at radius 3 is 2.52 bits per heavy atom. The lowest BCUT2D eigenvalue weighted by atomic mass is 10.1. The van der Waals surface area contributed by atoms with Gasteiger partial charge in [-0.3, -0.25) is 0 Å². The Labute approximate surface area is 160 Å². The zero-order chi connectivity index (χ0) is 18.0. The minimum atomic E-state index is -4.36. The summed E-state index contributed by atoms with van der Waals surface area (Å²) in [6, 6.07) is 10.4. The number of alkyl halides is 3. The number of hydrogen-bond donors (Lipinski definition) is 0. The van der Waals surface area contributed by atoms with E-state index >= 15 is 0 Å². The van der Waals surface area contributed by atoms with Crippen molar-refractivity contribution in [3.05, 3.63) is 68.6 Å². The van der Waals surface area contributed by atoms with Gasteiger partial charge in [-0.05, 0) is 29.8 Å². The Kier molecular flexibility index (Phi) is 5.58. The van der Waals surface area contributed by atoms with Crippen LogP contribution in [-0.4, -0.2) is 10.2 Å². The quantitative estimate of drug-likeness (QED) is 0.474. The molecule has 0 saturated carbocycles. The van der Waals surface area contributed by atoms with Gasteiger partial charge in [0.25, 0.3) is 0 Å². The lowest BCUT2D eigenvalue weighted by Gasteiger charge is -2.07. The number of nitrogens with zero attached hydrogens (tertiary/aromatic N) is 2. The van der Waals surface area contributed by atoms with Gasteiger partial charge in [0, 0.05) is 11.3 Å². The number of benzene rings is 2. The van der Waals surface area contributed by atoms with Crippen molar-refractivity contribution in [2.45, 2.75) is 21.8 Å². The molecule has 0 saturated heterocycles. The van der Waals surface area contributed by atoms with Crippen molar-refractivity contribution in [1.82, 2.24) is 10.2 Å².